The van der Waals surface area contributed by atoms with Crippen molar-refractivity contribution in [2.75, 3.05) is 5.32 Å². The summed E-state index contributed by atoms with van der Waals surface area (Å²) in [6.07, 6.45) is 21.9. The highest BCUT2D eigenvalue weighted by atomic mass is 16.1. The van der Waals surface area contributed by atoms with Crippen molar-refractivity contribution in [1.82, 2.24) is 0 Å². The fourth-order valence-corrected chi connectivity index (χ4v) is 5.41. The van der Waals surface area contributed by atoms with Crippen LogP contribution in [0, 0.1) is 0 Å². The van der Waals surface area contributed by atoms with Gasteiger partial charge in [-0.05, 0) is 65.1 Å². The standard InChI is InChI=1S/C34H43NO/c1-2-3-4-5-6-7-8-9-10-11-12-13-14-15-16-20-32(36)35-31-26-24-29-22-21-27-18-17-19-28-23-25-30(31)34(29)33(27)28/h9-10,17-19,21-26H,2-8,11-16,20H2,1H3,(H,35,36)/b10-9-. The van der Waals surface area contributed by atoms with Crippen LogP contribution in [0.5, 0.6) is 0 Å². The van der Waals surface area contributed by atoms with Gasteiger partial charge in [-0.15, -0.1) is 0 Å². The number of anilines is 1. The monoisotopic (exact) mass is 481 g/mol. The highest BCUT2D eigenvalue weighted by Gasteiger charge is 2.12. The van der Waals surface area contributed by atoms with Gasteiger partial charge in [0.25, 0.3) is 0 Å². The lowest BCUT2D eigenvalue weighted by molar-refractivity contribution is -0.116. The van der Waals surface area contributed by atoms with Gasteiger partial charge in [0.1, 0.15) is 0 Å². The molecular formula is C34H43NO. The normalized spacial score (nSPS) is 11.9. The number of rotatable bonds is 16. The molecule has 0 aliphatic rings. The van der Waals surface area contributed by atoms with E-state index in [1.54, 1.807) is 0 Å². The number of carbonyl (C=O) groups excluding carboxylic acids is 1. The van der Waals surface area contributed by atoms with Crippen molar-refractivity contribution in [3.8, 4) is 0 Å². The van der Waals surface area contributed by atoms with Gasteiger partial charge < -0.3 is 5.32 Å². The van der Waals surface area contributed by atoms with Crippen molar-refractivity contribution in [1.29, 1.82) is 0 Å². The van der Waals surface area contributed by atoms with Gasteiger partial charge in [0.2, 0.25) is 5.91 Å². The predicted octanol–water partition coefficient (Wildman–Crippen LogP) is 10.6. The van der Waals surface area contributed by atoms with Crippen LogP contribution in [-0.2, 0) is 4.79 Å². The van der Waals surface area contributed by atoms with Crippen LogP contribution in [0.1, 0.15) is 96.8 Å². The molecule has 2 heteroatoms. The molecule has 36 heavy (non-hydrogen) atoms. The average Bonchev–Trinajstić information content (AvgIpc) is 2.90. The second-order valence-corrected chi connectivity index (χ2v) is 10.4. The van der Waals surface area contributed by atoms with Crippen LogP contribution in [-0.4, -0.2) is 5.91 Å². The van der Waals surface area contributed by atoms with Gasteiger partial charge in [0, 0.05) is 17.5 Å². The predicted molar refractivity (Wildman–Crippen MR) is 158 cm³/mol. The number of unbranched alkanes of at least 4 members (excludes halogenated alkanes) is 11. The number of carbonyl (C=O) groups is 1. The quantitative estimate of drug-likeness (QED) is 0.0962. The molecule has 0 saturated carbocycles. The molecule has 4 rings (SSSR count). The Balaban J connectivity index is 1.13. The molecule has 0 heterocycles. The van der Waals surface area contributed by atoms with Crippen LogP contribution in [0.3, 0.4) is 0 Å². The third-order valence-electron chi connectivity index (χ3n) is 7.47. The Bertz CT molecular complexity index is 1240. The summed E-state index contributed by atoms with van der Waals surface area (Å²) >= 11 is 0. The van der Waals surface area contributed by atoms with Gasteiger partial charge in [-0.2, -0.15) is 0 Å². The van der Waals surface area contributed by atoms with Gasteiger partial charge in [-0.25, -0.2) is 0 Å². The van der Waals surface area contributed by atoms with E-state index in [-0.39, 0.29) is 5.91 Å². The zero-order valence-corrected chi connectivity index (χ0v) is 22.2. The molecule has 0 fully saturated rings. The molecule has 0 atom stereocenters. The van der Waals surface area contributed by atoms with Crippen LogP contribution < -0.4 is 5.32 Å². The fraction of sp³-hybridized carbons (Fsp3) is 0.441. The maximum Gasteiger partial charge on any atom is 0.224 e. The molecule has 0 aliphatic carbocycles. The Kier molecular flexibility index (Phi) is 10.2. The molecular weight excluding hydrogens is 438 g/mol. The SMILES string of the molecule is CCCCCCCC/C=C\CCCCCCCC(=O)Nc1ccc2ccc3cccc4ccc1c2c34. The summed E-state index contributed by atoms with van der Waals surface area (Å²) in [5.41, 5.74) is 0.929. The van der Waals surface area contributed by atoms with Crippen molar-refractivity contribution in [2.24, 2.45) is 0 Å². The van der Waals surface area contributed by atoms with E-state index in [9.17, 15) is 4.79 Å². The molecule has 4 aromatic carbocycles. The minimum Gasteiger partial charge on any atom is -0.326 e. The topological polar surface area (TPSA) is 29.1 Å². The molecule has 0 spiro atoms. The highest BCUT2D eigenvalue weighted by Crippen LogP contribution is 2.37. The maximum atomic E-state index is 12.7. The summed E-state index contributed by atoms with van der Waals surface area (Å²) in [7, 11) is 0. The largest absolute Gasteiger partial charge is 0.326 e. The Morgan fingerprint density at radius 1 is 0.639 bits per heavy atom. The van der Waals surface area contributed by atoms with E-state index in [1.807, 2.05) is 0 Å². The average molecular weight is 482 g/mol. The van der Waals surface area contributed by atoms with E-state index in [2.05, 4.69) is 79.0 Å². The number of benzene rings is 4. The minimum absolute atomic E-state index is 0.127. The lowest BCUT2D eigenvalue weighted by atomic mass is 9.93. The van der Waals surface area contributed by atoms with E-state index in [0.29, 0.717) is 6.42 Å². The Morgan fingerprint density at radius 2 is 1.19 bits per heavy atom. The summed E-state index contributed by atoms with van der Waals surface area (Å²) in [6, 6.07) is 19.3. The van der Waals surface area contributed by atoms with Crippen molar-refractivity contribution in [3.05, 3.63) is 66.7 Å². The third-order valence-corrected chi connectivity index (χ3v) is 7.47. The molecule has 0 aromatic heterocycles. The van der Waals surface area contributed by atoms with Crippen LogP contribution >= 0.6 is 0 Å². The smallest absolute Gasteiger partial charge is 0.224 e. The summed E-state index contributed by atoms with van der Waals surface area (Å²) in [5, 5.41) is 10.6. The second kappa shape index (κ2) is 14.0. The molecule has 190 valence electrons. The lowest BCUT2D eigenvalue weighted by Gasteiger charge is -2.14. The first-order valence-corrected chi connectivity index (χ1v) is 14.4. The van der Waals surface area contributed by atoms with Crippen LogP contribution in [0.2, 0.25) is 0 Å². The minimum atomic E-state index is 0.127. The third kappa shape index (κ3) is 7.09. The maximum absolute atomic E-state index is 12.7. The van der Waals surface area contributed by atoms with E-state index in [1.165, 1.54) is 97.6 Å². The number of nitrogens with one attached hydrogen (secondary N) is 1. The van der Waals surface area contributed by atoms with Gasteiger partial charge in [-0.1, -0.05) is 119 Å². The van der Waals surface area contributed by atoms with Crippen LogP contribution in [0.25, 0.3) is 32.3 Å². The Morgan fingerprint density at radius 3 is 1.89 bits per heavy atom. The van der Waals surface area contributed by atoms with Gasteiger partial charge >= 0.3 is 0 Å². The van der Waals surface area contributed by atoms with E-state index < -0.39 is 0 Å². The lowest BCUT2D eigenvalue weighted by Crippen LogP contribution is -2.11. The summed E-state index contributed by atoms with van der Waals surface area (Å²) in [4.78, 5) is 12.7. The number of allylic oxidation sites excluding steroid dienone is 2. The molecule has 1 amide bonds. The molecule has 0 bridgehead atoms. The van der Waals surface area contributed by atoms with Gasteiger partial charge in [0.15, 0.2) is 0 Å². The summed E-state index contributed by atoms with van der Waals surface area (Å²) in [6.45, 7) is 2.27. The van der Waals surface area contributed by atoms with E-state index in [4.69, 9.17) is 0 Å². The zero-order chi connectivity index (χ0) is 25.0. The molecule has 0 saturated heterocycles. The van der Waals surface area contributed by atoms with Crippen molar-refractivity contribution >= 4 is 43.9 Å². The molecule has 1 N–H and O–H groups in total. The highest BCUT2D eigenvalue weighted by molar-refractivity contribution is 6.25. The van der Waals surface area contributed by atoms with Crippen LogP contribution in [0.15, 0.2) is 66.7 Å². The molecule has 0 radical (unpaired) electrons. The first-order valence-electron chi connectivity index (χ1n) is 14.4. The zero-order valence-electron chi connectivity index (χ0n) is 22.2. The Hall–Kier alpha value is -2.87. The van der Waals surface area contributed by atoms with Crippen molar-refractivity contribution in [3.63, 3.8) is 0 Å². The number of amides is 1. The molecule has 0 aliphatic heterocycles. The summed E-state index contributed by atoms with van der Waals surface area (Å²) in [5.74, 6) is 0.127. The van der Waals surface area contributed by atoms with Crippen molar-refractivity contribution in [2.45, 2.75) is 96.8 Å². The number of hydrogen-bond donors (Lipinski definition) is 1. The van der Waals surface area contributed by atoms with Gasteiger partial charge in [0.05, 0.1) is 0 Å². The molecule has 4 aromatic rings. The first kappa shape index (κ1) is 26.2. The van der Waals surface area contributed by atoms with E-state index >= 15 is 0 Å². The number of hydrogen-bond acceptors (Lipinski definition) is 1. The van der Waals surface area contributed by atoms with Crippen molar-refractivity contribution < 1.29 is 4.79 Å². The summed E-state index contributed by atoms with van der Waals surface area (Å²) < 4.78 is 0. The van der Waals surface area contributed by atoms with Gasteiger partial charge in [-0.3, -0.25) is 4.79 Å². The van der Waals surface area contributed by atoms with E-state index in [0.717, 1.165) is 23.9 Å². The first-order chi connectivity index (χ1) is 17.8. The molecule has 0 unspecified atom stereocenters. The fourth-order valence-electron chi connectivity index (χ4n) is 5.41. The second-order valence-electron chi connectivity index (χ2n) is 10.4. The molecule has 2 nitrogen and oxygen atoms in total. The van der Waals surface area contributed by atoms with Crippen LogP contribution in [0.4, 0.5) is 5.69 Å². The Labute approximate surface area is 217 Å².